The molecule has 0 spiro atoms. The lowest BCUT2D eigenvalue weighted by molar-refractivity contribution is 0.329. The Labute approximate surface area is 160 Å². The summed E-state index contributed by atoms with van der Waals surface area (Å²) in [6, 6.07) is 4.75. The molecular weight excluding hydrogens is 344 g/mol. The normalized spacial score (nSPS) is 20.9. The Balaban J connectivity index is 1.55. The van der Waals surface area contributed by atoms with Crippen LogP contribution in [0.5, 0.6) is 0 Å². The highest BCUT2D eigenvalue weighted by Gasteiger charge is 2.19. The average molecular weight is 375 g/mol. The topological polar surface area (TPSA) is 67.1 Å². The Morgan fingerprint density at radius 2 is 2.19 bits per heavy atom. The van der Waals surface area contributed by atoms with Gasteiger partial charge in [0.25, 0.3) is 0 Å². The van der Waals surface area contributed by atoms with Crippen LogP contribution in [0.25, 0.3) is 0 Å². The summed E-state index contributed by atoms with van der Waals surface area (Å²) in [7, 11) is 0. The van der Waals surface area contributed by atoms with Gasteiger partial charge in [0.1, 0.15) is 12.2 Å². The van der Waals surface area contributed by atoms with Crippen molar-refractivity contribution in [1.29, 1.82) is 0 Å². The van der Waals surface area contributed by atoms with Gasteiger partial charge in [0, 0.05) is 30.4 Å². The van der Waals surface area contributed by atoms with Crippen molar-refractivity contribution < 1.29 is 0 Å². The number of nitrogens with zero attached hydrogens (tertiary/aromatic N) is 4. The van der Waals surface area contributed by atoms with Crippen molar-refractivity contribution >= 4 is 17.3 Å². The molecule has 1 fully saturated rings. The van der Waals surface area contributed by atoms with Crippen molar-refractivity contribution in [2.75, 3.05) is 6.54 Å². The summed E-state index contributed by atoms with van der Waals surface area (Å²) in [6.07, 6.45) is 7.77. The molecule has 142 valence electrons. The van der Waals surface area contributed by atoms with Gasteiger partial charge in [0.05, 0.1) is 6.54 Å². The number of nitrogens with one attached hydrogen (secondary N) is 2. The van der Waals surface area contributed by atoms with Gasteiger partial charge in [-0.25, -0.2) is 4.99 Å². The second-order valence-corrected chi connectivity index (χ2v) is 8.10. The van der Waals surface area contributed by atoms with Crippen LogP contribution >= 0.6 is 11.3 Å². The molecule has 0 aromatic carbocycles. The van der Waals surface area contributed by atoms with E-state index in [0.29, 0.717) is 6.04 Å². The van der Waals surface area contributed by atoms with Crippen molar-refractivity contribution in [2.24, 2.45) is 10.9 Å². The molecule has 2 aromatic heterocycles. The van der Waals surface area contributed by atoms with Gasteiger partial charge in [-0.1, -0.05) is 19.9 Å². The van der Waals surface area contributed by atoms with Gasteiger partial charge in [0.2, 0.25) is 0 Å². The second-order valence-electron chi connectivity index (χ2n) is 7.07. The molecule has 6 nitrogen and oxygen atoms in total. The van der Waals surface area contributed by atoms with Gasteiger partial charge in [-0.2, -0.15) is 0 Å². The number of aliphatic imine (C=N–C) groups is 1. The van der Waals surface area contributed by atoms with Gasteiger partial charge in [-0.15, -0.1) is 21.5 Å². The molecule has 0 unspecified atom stereocenters. The quantitative estimate of drug-likeness (QED) is 0.577. The van der Waals surface area contributed by atoms with Gasteiger partial charge in [0.15, 0.2) is 5.96 Å². The summed E-state index contributed by atoms with van der Waals surface area (Å²) in [6.45, 7) is 6.84. The molecule has 0 bridgehead atoms. The maximum atomic E-state index is 4.81. The van der Waals surface area contributed by atoms with Crippen molar-refractivity contribution in [1.82, 2.24) is 25.4 Å². The molecule has 26 heavy (non-hydrogen) atoms. The first-order chi connectivity index (χ1) is 12.7. The predicted octanol–water partition coefficient (Wildman–Crippen LogP) is 3.22. The van der Waals surface area contributed by atoms with Crippen LogP contribution in [0.1, 0.15) is 50.2 Å². The van der Waals surface area contributed by atoms with E-state index in [0.717, 1.165) is 43.8 Å². The molecule has 3 rings (SSSR count). The minimum absolute atomic E-state index is 0.530. The third-order valence-electron chi connectivity index (χ3n) is 4.99. The number of thiophene rings is 1. The summed E-state index contributed by atoms with van der Waals surface area (Å²) in [4.78, 5) is 6.09. The lowest BCUT2D eigenvalue weighted by Crippen LogP contribution is -2.45. The zero-order valence-electron chi connectivity index (χ0n) is 15.8. The minimum atomic E-state index is 0.530. The molecule has 7 heteroatoms. The van der Waals surface area contributed by atoms with E-state index in [4.69, 9.17) is 4.99 Å². The second kappa shape index (κ2) is 9.71. The molecule has 0 saturated heterocycles. The summed E-state index contributed by atoms with van der Waals surface area (Å²) in [5, 5.41) is 17.4. The summed E-state index contributed by atoms with van der Waals surface area (Å²) in [5.41, 5.74) is 0. The molecular formula is C19H30N6S. The maximum absolute atomic E-state index is 4.81. The highest BCUT2D eigenvalue weighted by Crippen LogP contribution is 2.23. The summed E-state index contributed by atoms with van der Waals surface area (Å²) >= 11 is 1.75. The van der Waals surface area contributed by atoms with E-state index in [1.54, 1.807) is 17.7 Å². The van der Waals surface area contributed by atoms with Gasteiger partial charge in [-0.3, -0.25) is 0 Å². The molecule has 0 aliphatic heterocycles. The zero-order valence-corrected chi connectivity index (χ0v) is 16.6. The Bertz CT molecular complexity index is 670. The Morgan fingerprint density at radius 3 is 2.92 bits per heavy atom. The Kier molecular flexibility index (Phi) is 7.05. The summed E-state index contributed by atoms with van der Waals surface area (Å²) in [5.74, 6) is 2.80. The van der Waals surface area contributed by atoms with Crippen LogP contribution in [0.3, 0.4) is 0 Å². The van der Waals surface area contributed by atoms with Crippen LogP contribution in [0.15, 0.2) is 28.8 Å². The number of aryl methyl sites for hydroxylation is 1. The lowest BCUT2D eigenvalue weighted by atomic mass is 9.87. The van der Waals surface area contributed by atoms with Gasteiger partial charge < -0.3 is 15.2 Å². The molecule has 1 saturated carbocycles. The molecule has 2 heterocycles. The molecule has 2 aromatic rings. The fourth-order valence-corrected chi connectivity index (χ4v) is 3.97. The number of hydrogen-bond donors (Lipinski definition) is 2. The molecule has 0 radical (unpaired) electrons. The van der Waals surface area contributed by atoms with Gasteiger partial charge in [-0.05, 0) is 43.0 Å². The van der Waals surface area contributed by atoms with Crippen LogP contribution in [0.2, 0.25) is 0 Å². The van der Waals surface area contributed by atoms with Crippen molar-refractivity contribution in [3.05, 3.63) is 34.5 Å². The van der Waals surface area contributed by atoms with Gasteiger partial charge >= 0.3 is 0 Å². The first kappa shape index (κ1) is 18.9. The predicted molar refractivity (Wildman–Crippen MR) is 107 cm³/mol. The third-order valence-corrected chi connectivity index (χ3v) is 5.85. The van der Waals surface area contributed by atoms with E-state index in [1.807, 2.05) is 0 Å². The summed E-state index contributed by atoms with van der Waals surface area (Å²) < 4.78 is 2.10. The first-order valence-corrected chi connectivity index (χ1v) is 10.6. The fourth-order valence-electron chi connectivity index (χ4n) is 3.34. The third kappa shape index (κ3) is 5.56. The molecule has 1 aliphatic carbocycles. The van der Waals surface area contributed by atoms with Crippen LogP contribution in [-0.2, 0) is 19.5 Å². The van der Waals surface area contributed by atoms with Crippen LogP contribution in [0, 0.1) is 5.92 Å². The largest absolute Gasteiger partial charge is 0.355 e. The van der Waals surface area contributed by atoms with E-state index in [9.17, 15) is 0 Å². The van der Waals surface area contributed by atoms with Crippen LogP contribution in [-0.4, -0.2) is 33.3 Å². The van der Waals surface area contributed by atoms with E-state index in [-0.39, 0.29) is 0 Å². The number of guanidine groups is 1. The van der Waals surface area contributed by atoms with Crippen LogP contribution < -0.4 is 10.6 Å². The van der Waals surface area contributed by atoms with Crippen molar-refractivity contribution in [2.45, 2.75) is 65.1 Å². The highest BCUT2D eigenvalue weighted by atomic mass is 32.1. The minimum Gasteiger partial charge on any atom is -0.355 e. The number of hydrogen-bond acceptors (Lipinski definition) is 4. The smallest absolute Gasteiger partial charge is 0.191 e. The Hall–Kier alpha value is -1.89. The number of rotatable bonds is 7. The van der Waals surface area contributed by atoms with Crippen LogP contribution in [0.4, 0.5) is 0 Å². The SMILES string of the molecule is CCc1nncn1CCNC(=NCc1cccs1)NC1CCC(C)CC1. The highest BCUT2D eigenvalue weighted by molar-refractivity contribution is 7.09. The maximum Gasteiger partial charge on any atom is 0.191 e. The molecule has 0 amide bonds. The molecule has 1 aliphatic rings. The van der Waals surface area contributed by atoms with Crippen molar-refractivity contribution in [3.63, 3.8) is 0 Å². The van der Waals surface area contributed by atoms with E-state index in [2.05, 4.69) is 56.8 Å². The first-order valence-electron chi connectivity index (χ1n) is 9.68. The average Bonchev–Trinajstić information content (AvgIpc) is 3.32. The zero-order chi connectivity index (χ0) is 18.2. The van der Waals surface area contributed by atoms with E-state index < -0.39 is 0 Å². The standard InChI is InChI=1S/C19H30N6S/c1-3-18-24-22-14-25(18)11-10-20-19(21-13-17-5-4-12-26-17)23-16-8-6-15(2)7-9-16/h4-5,12,14-16H,3,6-11,13H2,1-2H3,(H2,20,21,23). The van der Waals surface area contributed by atoms with Crippen molar-refractivity contribution in [3.8, 4) is 0 Å². The number of aromatic nitrogens is 3. The molecule has 0 atom stereocenters. The monoisotopic (exact) mass is 374 g/mol. The lowest BCUT2D eigenvalue weighted by Gasteiger charge is -2.28. The van der Waals surface area contributed by atoms with E-state index in [1.165, 1.54) is 30.6 Å². The fraction of sp³-hybridized carbons (Fsp3) is 0.632. The molecule has 2 N–H and O–H groups in total. The Morgan fingerprint density at radius 1 is 1.35 bits per heavy atom. The van der Waals surface area contributed by atoms with E-state index >= 15 is 0 Å².